The first kappa shape index (κ1) is 16.6. The van der Waals surface area contributed by atoms with Crippen molar-refractivity contribution in [3.8, 4) is 12.3 Å². The number of rotatable bonds is 5. The number of terminal acetylenes is 1. The molecule has 0 saturated carbocycles. The maximum Gasteiger partial charge on any atom is 0.328 e. The minimum atomic E-state index is -0.848. The van der Waals surface area contributed by atoms with Crippen molar-refractivity contribution < 1.29 is 14.3 Å². The van der Waals surface area contributed by atoms with E-state index in [1.807, 2.05) is 0 Å². The van der Waals surface area contributed by atoms with Gasteiger partial charge in [0.05, 0.1) is 18.5 Å². The van der Waals surface area contributed by atoms with E-state index in [4.69, 9.17) is 22.8 Å². The highest BCUT2D eigenvalue weighted by Gasteiger charge is 2.23. The second-order valence-electron chi connectivity index (χ2n) is 4.67. The largest absolute Gasteiger partial charge is 0.467 e. The average molecular weight is 332 g/mol. The lowest BCUT2D eigenvalue weighted by Crippen LogP contribution is -2.43. The van der Waals surface area contributed by atoms with Crippen LogP contribution in [0.5, 0.6) is 0 Å². The van der Waals surface area contributed by atoms with E-state index in [1.165, 1.54) is 19.5 Å². The standard InChI is InChI=1S/C16H14ClN3O3/c1-3-10-4-5-11(6-13(10)17)15(21)20-14(16(22)23-2)7-12-8-18-9-19-12/h1,4-6,8-9,14H,7H2,2H3,(H,18,19)(H,20,21). The van der Waals surface area contributed by atoms with Gasteiger partial charge < -0.3 is 15.0 Å². The van der Waals surface area contributed by atoms with Gasteiger partial charge in [0.2, 0.25) is 0 Å². The van der Waals surface area contributed by atoms with Gasteiger partial charge in [0, 0.05) is 29.4 Å². The summed E-state index contributed by atoms with van der Waals surface area (Å²) in [6, 6.07) is 3.72. The SMILES string of the molecule is C#Cc1ccc(C(=O)NC(Cc2cnc[nH]2)C(=O)OC)cc1Cl. The van der Waals surface area contributed by atoms with Crippen molar-refractivity contribution >= 4 is 23.5 Å². The number of aromatic amines is 1. The molecule has 118 valence electrons. The number of imidazole rings is 1. The number of H-pyrrole nitrogens is 1. The number of ether oxygens (including phenoxy) is 1. The van der Waals surface area contributed by atoms with E-state index in [0.717, 1.165) is 0 Å². The molecule has 6 nitrogen and oxygen atoms in total. The topological polar surface area (TPSA) is 84.1 Å². The number of esters is 1. The molecule has 23 heavy (non-hydrogen) atoms. The molecule has 0 aliphatic carbocycles. The lowest BCUT2D eigenvalue weighted by Gasteiger charge is -2.16. The summed E-state index contributed by atoms with van der Waals surface area (Å²) in [6.45, 7) is 0. The summed E-state index contributed by atoms with van der Waals surface area (Å²) in [5, 5.41) is 2.91. The fourth-order valence-electron chi connectivity index (χ4n) is 1.97. The molecular formula is C16H14ClN3O3. The second kappa shape index (κ2) is 7.47. The Kier molecular flexibility index (Phi) is 5.39. The van der Waals surface area contributed by atoms with Crippen molar-refractivity contribution in [2.45, 2.75) is 12.5 Å². The Hall–Kier alpha value is -2.78. The Labute approximate surface area is 138 Å². The average Bonchev–Trinajstić information content (AvgIpc) is 3.06. The second-order valence-corrected chi connectivity index (χ2v) is 5.08. The van der Waals surface area contributed by atoms with Crippen molar-refractivity contribution in [3.05, 3.63) is 52.6 Å². The third-order valence-electron chi connectivity index (χ3n) is 3.16. The van der Waals surface area contributed by atoms with Crippen LogP contribution in [0, 0.1) is 12.3 Å². The molecule has 1 heterocycles. The van der Waals surface area contributed by atoms with Crippen LogP contribution in [-0.4, -0.2) is 35.0 Å². The first-order chi connectivity index (χ1) is 11.0. The number of halogens is 1. The number of benzene rings is 1. The number of methoxy groups -OCH3 is 1. The zero-order valence-electron chi connectivity index (χ0n) is 12.3. The fraction of sp³-hybridized carbons (Fsp3) is 0.188. The number of amides is 1. The van der Waals surface area contributed by atoms with Crippen molar-refractivity contribution in [2.24, 2.45) is 0 Å². The highest BCUT2D eigenvalue weighted by atomic mass is 35.5. The van der Waals surface area contributed by atoms with Crippen LogP contribution in [0.15, 0.2) is 30.7 Å². The zero-order valence-corrected chi connectivity index (χ0v) is 13.1. The van der Waals surface area contributed by atoms with Gasteiger partial charge in [-0.2, -0.15) is 0 Å². The molecule has 1 amide bonds. The monoisotopic (exact) mass is 331 g/mol. The van der Waals surface area contributed by atoms with E-state index in [-0.39, 0.29) is 6.42 Å². The molecule has 0 bridgehead atoms. The molecule has 0 aliphatic rings. The molecule has 2 N–H and O–H groups in total. The molecule has 2 rings (SSSR count). The summed E-state index contributed by atoms with van der Waals surface area (Å²) in [5.74, 6) is 1.40. The predicted molar refractivity (Wildman–Crippen MR) is 84.9 cm³/mol. The molecule has 2 aromatic rings. The first-order valence-electron chi connectivity index (χ1n) is 6.67. The van der Waals surface area contributed by atoms with Crippen LogP contribution in [-0.2, 0) is 16.0 Å². The number of carbonyl (C=O) groups is 2. The van der Waals surface area contributed by atoms with Gasteiger partial charge in [0.15, 0.2) is 0 Å². The third kappa shape index (κ3) is 4.11. The number of hydrogen-bond acceptors (Lipinski definition) is 4. The van der Waals surface area contributed by atoms with Crippen LogP contribution in [0.3, 0.4) is 0 Å². The van der Waals surface area contributed by atoms with Gasteiger partial charge in [-0.05, 0) is 18.2 Å². The Morgan fingerprint density at radius 2 is 2.30 bits per heavy atom. The molecule has 0 spiro atoms. The number of nitrogens with zero attached hydrogens (tertiary/aromatic N) is 1. The van der Waals surface area contributed by atoms with Crippen LogP contribution in [0.2, 0.25) is 5.02 Å². The smallest absolute Gasteiger partial charge is 0.328 e. The molecule has 1 aromatic heterocycles. The Morgan fingerprint density at radius 3 is 2.87 bits per heavy atom. The van der Waals surface area contributed by atoms with E-state index in [9.17, 15) is 9.59 Å². The van der Waals surface area contributed by atoms with Crippen molar-refractivity contribution in [1.29, 1.82) is 0 Å². The van der Waals surface area contributed by atoms with E-state index in [1.54, 1.807) is 18.3 Å². The number of aromatic nitrogens is 2. The van der Waals surface area contributed by atoms with Crippen LogP contribution in [0.1, 0.15) is 21.6 Å². The van der Waals surface area contributed by atoms with Gasteiger partial charge in [0.1, 0.15) is 6.04 Å². The maximum absolute atomic E-state index is 12.3. The van der Waals surface area contributed by atoms with Gasteiger partial charge >= 0.3 is 5.97 Å². The minimum Gasteiger partial charge on any atom is -0.467 e. The molecular weight excluding hydrogens is 318 g/mol. The minimum absolute atomic E-state index is 0.231. The molecule has 0 radical (unpaired) electrons. The Balaban J connectivity index is 2.15. The van der Waals surface area contributed by atoms with Crippen molar-refractivity contribution in [1.82, 2.24) is 15.3 Å². The van der Waals surface area contributed by atoms with E-state index in [0.29, 0.717) is 21.8 Å². The highest BCUT2D eigenvalue weighted by Crippen LogP contribution is 2.17. The normalized spacial score (nSPS) is 11.3. The molecule has 1 unspecified atom stereocenters. The molecule has 0 aliphatic heterocycles. The van der Waals surface area contributed by atoms with E-state index < -0.39 is 17.9 Å². The van der Waals surface area contributed by atoms with Crippen LogP contribution in [0.25, 0.3) is 0 Å². The van der Waals surface area contributed by atoms with E-state index >= 15 is 0 Å². The predicted octanol–water partition coefficient (Wildman–Crippen LogP) is 1.56. The van der Waals surface area contributed by atoms with Gasteiger partial charge in [-0.1, -0.05) is 17.5 Å². The Bertz CT molecular complexity index is 750. The van der Waals surface area contributed by atoms with Crippen LogP contribution < -0.4 is 5.32 Å². The maximum atomic E-state index is 12.3. The molecule has 1 aromatic carbocycles. The quantitative estimate of drug-likeness (QED) is 0.643. The molecule has 0 fully saturated rings. The summed E-state index contributed by atoms with van der Waals surface area (Å²) in [4.78, 5) is 30.9. The summed E-state index contributed by atoms with van der Waals surface area (Å²) in [6.07, 6.45) is 8.58. The summed E-state index contributed by atoms with van der Waals surface area (Å²) in [5.41, 5.74) is 1.49. The number of hydrogen-bond donors (Lipinski definition) is 2. The highest BCUT2D eigenvalue weighted by molar-refractivity contribution is 6.32. The molecule has 7 heteroatoms. The van der Waals surface area contributed by atoms with Gasteiger partial charge in [-0.25, -0.2) is 9.78 Å². The van der Waals surface area contributed by atoms with Gasteiger partial charge in [0.25, 0.3) is 5.91 Å². The number of carbonyl (C=O) groups excluding carboxylic acids is 2. The third-order valence-corrected chi connectivity index (χ3v) is 3.47. The fourth-order valence-corrected chi connectivity index (χ4v) is 2.20. The molecule has 1 atom stereocenters. The lowest BCUT2D eigenvalue weighted by atomic mass is 10.1. The summed E-state index contributed by atoms with van der Waals surface area (Å²) >= 11 is 5.99. The number of nitrogens with one attached hydrogen (secondary N) is 2. The van der Waals surface area contributed by atoms with E-state index in [2.05, 4.69) is 21.2 Å². The Morgan fingerprint density at radius 1 is 1.52 bits per heavy atom. The summed E-state index contributed by atoms with van der Waals surface area (Å²) in [7, 11) is 1.26. The molecule has 0 saturated heterocycles. The first-order valence-corrected chi connectivity index (χ1v) is 7.05. The van der Waals surface area contributed by atoms with Crippen molar-refractivity contribution in [2.75, 3.05) is 7.11 Å². The van der Waals surface area contributed by atoms with Crippen LogP contribution >= 0.6 is 11.6 Å². The van der Waals surface area contributed by atoms with Gasteiger partial charge in [-0.15, -0.1) is 6.42 Å². The van der Waals surface area contributed by atoms with Crippen molar-refractivity contribution in [3.63, 3.8) is 0 Å². The zero-order chi connectivity index (χ0) is 16.8. The lowest BCUT2D eigenvalue weighted by molar-refractivity contribution is -0.142. The van der Waals surface area contributed by atoms with Gasteiger partial charge in [-0.3, -0.25) is 4.79 Å². The van der Waals surface area contributed by atoms with Crippen LogP contribution in [0.4, 0.5) is 0 Å². The summed E-state index contributed by atoms with van der Waals surface area (Å²) < 4.78 is 4.72.